The van der Waals surface area contributed by atoms with Gasteiger partial charge < -0.3 is 10.6 Å². The summed E-state index contributed by atoms with van der Waals surface area (Å²) in [6.45, 7) is 1.95. The van der Waals surface area contributed by atoms with Gasteiger partial charge in [-0.3, -0.25) is 0 Å². The SMILES string of the molecule is CC(NC(=O)Nc1cccc(C2SCCS2)c1)c1ccc(Cl)s1. The van der Waals surface area contributed by atoms with Crippen LogP contribution >= 0.6 is 46.5 Å². The molecule has 2 aromatic rings. The molecule has 0 spiro atoms. The molecule has 3 rings (SSSR count). The smallest absolute Gasteiger partial charge is 0.319 e. The van der Waals surface area contributed by atoms with Gasteiger partial charge in [-0.2, -0.15) is 0 Å². The Morgan fingerprint density at radius 1 is 1.26 bits per heavy atom. The van der Waals surface area contributed by atoms with Gasteiger partial charge in [0, 0.05) is 22.1 Å². The van der Waals surface area contributed by atoms with E-state index in [2.05, 4.69) is 22.8 Å². The molecule has 1 aliphatic rings. The van der Waals surface area contributed by atoms with Gasteiger partial charge in [0.05, 0.1) is 15.0 Å². The Labute approximate surface area is 153 Å². The van der Waals surface area contributed by atoms with E-state index in [-0.39, 0.29) is 12.1 Å². The second-order valence-corrected chi connectivity index (χ2v) is 9.63. The average Bonchev–Trinajstić information content (AvgIpc) is 3.18. The minimum absolute atomic E-state index is 0.0726. The number of hydrogen-bond acceptors (Lipinski definition) is 4. The number of carbonyl (C=O) groups is 1. The number of urea groups is 1. The molecule has 0 radical (unpaired) electrons. The zero-order chi connectivity index (χ0) is 16.2. The van der Waals surface area contributed by atoms with Crippen molar-refractivity contribution in [3.05, 3.63) is 51.2 Å². The molecule has 1 atom stereocenters. The van der Waals surface area contributed by atoms with Gasteiger partial charge in [0.1, 0.15) is 0 Å². The molecule has 0 saturated carbocycles. The summed E-state index contributed by atoms with van der Waals surface area (Å²) in [5.74, 6) is 2.38. The van der Waals surface area contributed by atoms with Gasteiger partial charge in [0.15, 0.2) is 0 Å². The van der Waals surface area contributed by atoms with Crippen LogP contribution in [-0.2, 0) is 0 Å². The Hall–Kier alpha value is -0.820. The van der Waals surface area contributed by atoms with Crippen molar-refractivity contribution in [2.45, 2.75) is 17.5 Å². The Bertz CT molecular complexity index is 685. The summed E-state index contributed by atoms with van der Waals surface area (Å²) in [7, 11) is 0. The molecule has 2 N–H and O–H groups in total. The molecule has 0 aliphatic carbocycles. The molecule has 1 unspecified atom stereocenters. The maximum Gasteiger partial charge on any atom is 0.319 e. The number of hydrogen-bond donors (Lipinski definition) is 2. The molecule has 7 heteroatoms. The zero-order valence-electron chi connectivity index (χ0n) is 12.5. The van der Waals surface area contributed by atoms with Crippen molar-refractivity contribution in [2.24, 2.45) is 0 Å². The monoisotopic (exact) mass is 384 g/mol. The molecule has 3 nitrogen and oxygen atoms in total. The number of carbonyl (C=O) groups excluding carboxylic acids is 1. The minimum atomic E-state index is -0.203. The van der Waals surface area contributed by atoms with Crippen molar-refractivity contribution >= 4 is 58.2 Å². The van der Waals surface area contributed by atoms with E-state index >= 15 is 0 Å². The van der Waals surface area contributed by atoms with Gasteiger partial charge >= 0.3 is 6.03 Å². The Morgan fingerprint density at radius 3 is 2.74 bits per heavy atom. The predicted molar refractivity (Wildman–Crippen MR) is 104 cm³/mol. The van der Waals surface area contributed by atoms with Gasteiger partial charge in [0.2, 0.25) is 0 Å². The van der Waals surface area contributed by atoms with Crippen LogP contribution in [0.3, 0.4) is 0 Å². The van der Waals surface area contributed by atoms with Crippen molar-refractivity contribution in [1.29, 1.82) is 0 Å². The van der Waals surface area contributed by atoms with E-state index in [1.807, 2.05) is 54.7 Å². The molecule has 122 valence electrons. The van der Waals surface area contributed by atoms with E-state index in [0.717, 1.165) is 14.9 Å². The fraction of sp³-hybridized carbons (Fsp3) is 0.312. The van der Waals surface area contributed by atoms with Gasteiger partial charge in [-0.1, -0.05) is 23.7 Å². The lowest BCUT2D eigenvalue weighted by Gasteiger charge is -2.14. The highest BCUT2D eigenvalue weighted by Crippen LogP contribution is 2.45. The van der Waals surface area contributed by atoms with E-state index in [1.54, 1.807) is 0 Å². The van der Waals surface area contributed by atoms with Gasteiger partial charge in [0.25, 0.3) is 0 Å². The largest absolute Gasteiger partial charge is 0.331 e. The first-order valence-corrected chi connectivity index (χ1v) is 10.6. The molecule has 1 fully saturated rings. The molecule has 1 aromatic heterocycles. The standard InChI is InChI=1S/C16H17ClN2OS3/c1-10(13-5-6-14(17)23-13)18-16(20)19-12-4-2-3-11(9-12)15-21-7-8-22-15/h2-6,9-10,15H,7-8H2,1H3,(H2,18,19,20). The van der Waals surface area contributed by atoms with Crippen molar-refractivity contribution in [3.8, 4) is 0 Å². The molecule has 0 bridgehead atoms. The van der Waals surface area contributed by atoms with E-state index in [0.29, 0.717) is 4.58 Å². The van der Waals surface area contributed by atoms with Crippen LogP contribution in [0.15, 0.2) is 36.4 Å². The topological polar surface area (TPSA) is 41.1 Å². The third-order valence-corrected chi connectivity index (χ3v) is 7.93. The number of anilines is 1. The average molecular weight is 385 g/mol. The lowest BCUT2D eigenvalue weighted by atomic mass is 10.2. The Morgan fingerprint density at radius 2 is 2.04 bits per heavy atom. The zero-order valence-corrected chi connectivity index (χ0v) is 15.7. The quantitative estimate of drug-likeness (QED) is 0.703. The third-order valence-electron chi connectivity index (χ3n) is 3.41. The molecular weight excluding hydrogens is 368 g/mol. The minimum Gasteiger partial charge on any atom is -0.331 e. The highest BCUT2D eigenvalue weighted by Gasteiger charge is 2.18. The number of nitrogens with one attached hydrogen (secondary N) is 2. The van der Waals surface area contributed by atoms with E-state index in [9.17, 15) is 4.79 Å². The number of thioether (sulfide) groups is 2. The lowest BCUT2D eigenvalue weighted by Crippen LogP contribution is -2.30. The highest BCUT2D eigenvalue weighted by atomic mass is 35.5. The van der Waals surface area contributed by atoms with Crippen LogP contribution in [-0.4, -0.2) is 17.5 Å². The van der Waals surface area contributed by atoms with Crippen LogP contribution in [0.2, 0.25) is 4.34 Å². The summed E-state index contributed by atoms with van der Waals surface area (Å²) in [6.07, 6.45) is 0. The predicted octanol–water partition coefficient (Wildman–Crippen LogP) is 5.76. The normalized spacial score (nSPS) is 16.3. The summed E-state index contributed by atoms with van der Waals surface area (Å²) in [4.78, 5) is 13.2. The maximum atomic E-state index is 12.2. The Kier molecular flexibility index (Phi) is 5.80. The van der Waals surface area contributed by atoms with E-state index in [1.165, 1.54) is 28.4 Å². The van der Waals surface area contributed by atoms with Gasteiger partial charge in [-0.25, -0.2) is 4.79 Å². The summed E-state index contributed by atoms with van der Waals surface area (Å²) in [5.41, 5.74) is 2.08. The van der Waals surface area contributed by atoms with Crippen LogP contribution in [0.4, 0.5) is 10.5 Å². The van der Waals surface area contributed by atoms with Crippen molar-refractivity contribution < 1.29 is 4.79 Å². The molecular formula is C16H17ClN2OS3. The van der Waals surface area contributed by atoms with Crippen molar-refractivity contribution in [1.82, 2.24) is 5.32 Å². The second kappa shape index (κ2) is 7.83. The highest BCUT2D eigenvalue weighted by molar-refractivity contribution is 8.19. The number of rotatable bonds is 4. The Balaban J connectivity index is 1.60. The van der Waals surface area contributed by atoms with Gasteiger partial charge in [-0.15, -0.1) is 34.9 Å². The second-order valence-electron chi connectivity index (χ2n) is 5.16. The van der Waals surface area contributed by atoms with Crippen LogP contribution in [0.25, 0.3) is 0 Å². The molecule has 1 aliphatic heterocycles. The molecule has 23 heavy (non-hydrogen) atoms. The summed E-state index contributed by atoms with van der Waals surface area (Å²) in [6, 6.07) is 11.6. The van der Waals surface area contributed by atoms with Crippen molar-refractivity contribution in [2.75, 3.05) is 16.8 Å². The van der Waals surface area contributed by atoms with E-state index in [4.69, 9.17) is 11.6 Å². The third kappa shape index (κ3) is 4.59. The maximum absolute atomic E-state index is 12.2. The first kappa shape index (κ1) is 17.0. The lowest BCUT2D eigenvalue weighted by molar-refractivity contribution is 0.249. The van der Waals surface area contributed by atoms with Crippen LogP contribution in [0, 0.1) is 0 Å². The number of amides is 2. The molecule has 2 amide bonds. The van der Waals surface area contributed by atoms with Gasteiger partial charge in [-0.05, 0) is 36.8 Å². The summed E-state index contributed by atoms with van der Waals surface area (Å²) < 4.78 is 1.21. The molecule has 1 aromatic carbocycles. The molecule has 2 heterocycles. The fourth-order valence-corrected chi connectivity index (χ4v) is 6.21. The van der Waals surface area contributed by atoms with Crippen molar-refractivity contribution in [3.63, 3.8) is 0 Å². The van der Waals surface area contributed by atoms with Crippen LogP contribution in [0.1, 0.15) is 28.0 Å². The summed E-state index contributed by atoms with van der Waals surface area (Å²) in [5, 5.41) is 5.85. The number of benzene rings is 1. The van der Waals surface area contributed by atoms with E-state index < -0.39 is 0 Å². The van der Waals surface area contributed by atoms with Crippen LogP contribution < -0.4 is 10.6 Å². The summed E-state index contributed by atoms with van der Waals surface area (Å²) >= 11 is 11.3. The number of halogens is 1. The number of thiophene rings is 1. The first-order valence-electron chi connectivity index (χ1n) is 7.28. The molecule has 1 saturated heterocycles. The fourth-order valence-electron chi connectivity index (χ4n) is 2.31. The first-order chi connectivity index (χ1) is 11.1. The van der Waals surface area contributed by atoms with Crippen LogP contribution in [0.5, 0.6) is 0 Å².